The molecule has 0 nitrogen and oxygen atoms in total. The Morgan fingerprint density at radius 3 is 2.04 bits per heavy atom. The molecule has 2 aliphatic carbocycles. The Bertz CT molecular complexity index is 772. The van der Waals surface area contributed by atoms with Crippen molar-refractivity contribution < 1.29 is 15.6 Å². The average molecular weight is 529 g/mol. The van der Waals surface area contributed by atoms with Gasteiger partial charge in [0.2, 0.25) is 0 Å². The molecule has 0 fully saturated rings. The minimum absolute atomic E-state index is 0.195. The van der Waals surface area contributed by atoms with Crippen molar-refractivity contribution in [3.05, 3.63) is 63.3 Å². The van der Waals surface area contributed by atoms with Gasteiger partial charge in [-0.15, -0.1) is 0 Å². The molecule has 0 radical (unpaired) electrons. The Labute approximate surface area is 162 Å². The van der Waals surface area contributed by atoms with Crippen molar-refractivity contribution >= 4 is 30.5 Å². The molecule has 0 aromatic heterocycles. The average Bonchev–Trinajstić information content (AvgIpc) is 2.97. The Morgan fingerprint density at radius 2 is 1.50 bits per heavy atom. The van der Waals surface area contributed by atoms with Gasteiger partial charge in [0.25, 0.3) is 0 Å². The summed E-state index contributed by atoms with van der Waals surface area (Å²) in [6.07, 6.45) is 3.56. The van der Waals surface area contributed by atoms with E-state index in [1.165, 1.54) is 27.8 Å². The van der Waals surface area contributed by atoms with Crippen molar-refractivity contribution in [2.75, 3.05) is 0 Å². The van der Waals surface area contributed by atoms with Crippen LogP contribution in [0.3, 0.4) is 0 Å². The second kappa shape index (κ2) is 6.47. The second-order valence-corrected chi connectivity index (χ2v) is 35.0. The standard InChI is InChI=1S/C11H17.C10H9.2BrH.Zr/c1-6-11-9(4)7(2)8(3)10(11)5;1-8-6-9-4-2-3-5-10(9)7-8;;;/h6H2,1-5H3;2-7H,1H3;2*1H;/q;;;;+2/p-2. The van der Waals surface area contributed by atoms with Gasteiger partial charge in [-0.3, -0.25) is 0 Å². The van der Waals surface area contributed by atoms with E-state index in [4.69, 9.17) is 0 Å². The van der Waals surface area contributed by atoms with E-state index in [0.717, 1.165) is 6.42 Å². The van der Waals surface area contributed by atoms with Crippen molar-refractivity contribution in [3.8, 4) is 0 Å². The summed E-state index contributed by atoms with van der Waals surface area (Å²) < 4.78 is 0.721. The number of hydrogen-bond acceptors (Lipinski definition) is 0. The van der Waals surface area contributed by atoms with Gasteiger partial charge in [0.15, 0.2) is 0 Å². The molecule has 3 heteroatoms. The third-order valence-electron chi connectivity index (χ3n) is 6.58. The van der Waals surface area contributed by atoms with Crippen LogP contribution in [0.1, 0.15) is 62.7 Å². The van der Waals surface area contributed by atoms with Crippen molar-refractivity contribution in [1.82, 2.24) is 0 Å². The molecule has 0 spiro atoms. The summed E-state index contributed by atoms with van der Waals surface area (Å²) in [5.74, 6) is 0. The van der Waals surface area contributed by atoms with Crippen LogP contribution in [0.4, 0.5) is 0 Å². The zero-order chi connectivity index (χ0) is 17.9. The minimum atomic E-state index is -3.01. The van der Waals surface area contributed by atoms with Crippen molar-refractivity contribution in [2.45, 2.75) is 54.7 Å². The number of hydrogen-bond donors (Lipinski definition) is 0. The summed E-state index contributed by atoms with van der Waals surface area (Å²) in [7, 11) is 0. The molecular formula is C21H26Br2Zr. The fraction of sp³-hybridized carbons (Fsp3) is 0.429. The number of benzene rings is 1. The second-order valence-electron chi connectivity index (χ2n) is 7.33. The zero-order valence-electron chi connectivity index (χ0n) is 15.4. The maximum atomic E-state index is 4.42. The zero-order valence-corrected chi connectivity index (χ0v) is 21.1. The van der Waals surface area contributed by atoms with Gasteiger partial charge in [0.05, 0.1) is 0 Å². The molecule has 0 N–H and O–H groups in total. The molecule has 0 aliphatic heterocycles. The molecular weight excluding hydrogens is 503 g/mol. The predicted octanol–water partition coefficient (Wildman–Crippen LogP) is 8.17. The van der Waals surface area contributed by atoms with E-state index in [1.54, 1.807) is 11.1 Å². The monoisotopic (exact) mass is 526 g/mol. The first-order valence-corrected chi connectivity index (χ1v) is 22.6. The van der Waals surface area contributed by atoms with Gasteiger partial charge in [-0.25, -0.2) is 0 Å². The summed E-state index contributed by atoms with van der Waals surface area (Å²) in [4.78, 5) is 0. The van der Waals surface area contributed by atoms with Crippen LogP contribution in [0, 0.1) is 0 Å². The van der Waals surface area contributed by atoms with Crippen LogP contribution < -0.4 is 0 Å². The first-order chi connectivity index (χ1) is 11.2. The molecule has 3 rings (SSSR count). The summed E-state index contributed by atoms with van der Waals surface area (Å²) >= 11 is 5.82. The van der Waals surface area contributed by atoms with Crippen LogP contribution in [0.25, 0.3) is 6.08 Å². The molecule has 0 bridgehead atoms. The van der Waals surface area contributed by atoms with Gasteiger partial charge in [-0.1, -0.05) is 0 Å². The molecule has 0 saturated heterocycles. The molecule has 1 atom stereocenters. The van der Waals surface area contributed by atoms with Gasteiger partial charge in [0, 0.05) is 0 Å². The predicted molar refractivity (Wildman–Crippen MR) is 110 cm³/mol. The van der Waals surface area contributed by atoms with Crippen molar-refractivity contribution in [1.29, 1.82) is 0 Å². The number of rotatable bonds is 3. The van der Waals surface area contributed by atoms with Crippen LogP contribution in [0.2, 0.25) is 3.12 Å². The van der Waals surface area contributed by atoms with Gasteiger partial charge < -0.3 is 0 Å². The SMILES string of the molecule is CC[C]1([Zr]([Br])([Br])[CH]2C(C)=Cc3ccccc32)C(C)=C(C)C(C)=C1C. The first kappa shape index (κ1) is 19.1. The normalized spacial score (nSPS) is 23.0. The first-order valence-electron chi connectivity index (χ1n) is 8.71. The fourth-order valence-electron chi connectivity index (χ4n) is 4.96. The van der Waals surface area contributed by atoms with E-state index in [2.05, 4.69) is 96.3 Å². The summed E-state index contributed by atoms with van der Waals surface area (Å²) in [6.45, 7) is 14.0. The van der Waals surface area contributed by atoms with E-state index in [1.807, 2.05) is 0 Å². The van der Waals surface area contributed by atoms with E-state index >= 15 is 0 Å². The summed E-state index contributed by atoms with van der Waals surface area (Å²) in [6, 6.07) is 8.93. The Kier molecular flexibility index (Phi) is 5.13. The van der Waals surface area contributed by atoms with E-state index in [-0.39, 0.29) is 3.12 Å². The van der Waals surface area contributed by atoms with Crippen LogP contribution in [-0.4, -0.2) is 0 Å². The molecule has 0 saturated carbocycles. The van der Waals surface area contributed by atoms with Gasteiger partial charge >= 0.3 is 164 Å². The van der Waals surface area contributed by atoms with E-state index in [9.17, 15) is 0 Å². The molecule has 128 valence electrons. The van der Waals surface area contributed by atoms with Gasteiger partial charge in [0.1, 0.15) is 0 Å². The molecule has 0 amide bonds. The Balaban J connectivity index is 2.23. The maximum absolute atomic E-state index is 4.42. The molecule has 1 aromatic rings. The third-order valence-corrected chi connectivity index (χ3v) is 29.2. The van der Waals surface area contributed by atoms with Crippen LogP contribution >= 0.6 is 24.4 Å². The van der Waals surface area contributed by atoms with Crippen molar-refractivity contribution in [3.63, 3.8) is 0 Å². The third kappa shape index (κ3) is 2.37. The quantitative estimate of drug-likeness (QED) is 0.371. The topological polar surface area (TPSA) is 0 Å². The molecule has 24 heavy (non-hydrogen) atoms. The van der Waals surface area contributed by atoms with E-state index < -0.39 is 15.6 Å². The van der Waals surface area contributed by atoms with Gasteiger partial charge in [-0.2, -0.15) is 0 Å². The van der Waals surface area contributed by atoms with Crippen LogP contribution in [0.5, 0.6) is 0 Å². The van der Waals surface area contributed by atoms with Crippen LogP contribution in [0.15, 0.2) is 52.1 Å². The molecule has 2 aliphatic rings. The summed E-state index contributed by atoms with van der Waals surface area (Å²) in [5, 5.41) is 0. The number of halogens is 2. The van der Waals surface area contributed by atoms with Crippen LogP contribution in [-0.2, 0) is 15.6 Å². The van der Waals surface area contributed by atoms with Crippen molar-refractivity contribution in [2.24, 2.45) is 0 Å². The molecule has 0 heterocycles. The van der Waals surface area contributed by atoms with Gasteiger partial charge in [-0.05, 0) is 0 Å². The summed E-state index contributed by atoms with van der Waals surface area (Å²) in [5.41, 5.74) is 10.6. The number of fused-ring (bicyclic) bond motifs is 1. The molecule has 1 unspecified atom stereocenters. The Morgan fingerprint density at radius 1 is 0.958 bits per heavy atom. The number of allylic oxidation sites excluding steroid dienone is 5. The molecule has 1 aromatic carbocycles. The van der Waals surface area contributed by atoms with E-state index in [0.29, 0.717) is 3.63 Å². The Hall–Kier alpha value is 0.283. The fourth-order valence-corrected chi connectivity index (χ4v) is 31.5.